The molecule has 0 radical (unpaired) electrons. The standard InChI is InChI=1S/C9H7.C8H11.Hf/c1-2-5-9-7-3-6-8(9)4-1;1-7(2)8-5-3-4-6-8;/h1-7H;3,5,7H,4H2,1-2H3;. The zero-order valence-corrected chi connectivity index (χ0v) is 14.6. The minimum absolute atomic E-state index is 0.701. The van der Waals surface area contributed by atoms with Crippen molar-refractivity contribution in [1.29, 1.82) is 0 Å². The van der Waals surface area contributed by atoms with Gasteiger partial charge in [0.1, 0.15) is 0 Å². The number of allylic oxidation sites excluding steroid dienone is 5. The molecule has 1 heteroatoms. The second-order valence-electron chi connectivity index (χ2n) is 5.31. The molecule has 0 heterocycles. The Morgan fingerprint density at radius 1 is 1.17 bits per heavy atom. The molecular formula is C17H18Hf. The summed E-state index contributed by atoms with van der Waals surface area (Å²) in [5.74, 6) is 0.701. The molecule has 0 fully saturated rings. The van der Waals surface area contributed by atoms with Crippen LogP contribution < -0.4 is 0 Å². The van der Waals surface area contributed by atoms with E-state index < -0.39 is 22.9 Å². The third-order valence-corrected chi connectivity index (χ3v) is 9.67. The van der Waals surface area contributed by atoms with E-state index in [4.69, 9.17) is 0 Å². The second-order valence-corrected chi connectivity index (χ2v) is 10.7. The van der Waals surface area contributed by atoms with E-state index in [1.165, 1.54) is 12.0 Å². The average Bonchev–Trinajstić information content (AvgIpc) is 2.97. The van der Waals surface area contributed by atoms with Crippen LogP contribution in [0.25, 0.3) is 6.08 Å². The van der Waals surface area contributed by atoms with Gasteiger partial charge in [0, 0.05) is 0 Å². The summed E-state index contributed by atoms with van der Waals surface area (Å²) in [7, 11) is 0. The van der Waals surface area contributed by atoms with Crippen molar-refractivity contribution >= 4 is 6.08 Å². The number of fused-ring (bicyclic) bond motifs is 1. The zero-order valence-electron chi connectivity index (χ0n) is 11.0. The quantitative estimate of drug-likeness (QED) is 0.645. The molecule has 3 rings (SSSR count). The molecule has 2 aliphatic rings. The first-order chi connectivity index (χ1) is 8.75. The van der Waals surface area contributed by atoms with E-state index in [0.29, 0.717) is 5.92 Å². The van der Waals surface area contributed by atoms with Crippen molar-refractivity contribution in [2.45, 2.75) is 23.9 Å². The fourth-order valence-electron chi connectivity index (χ4n) is 2.77. The van der Waals surface area contributed by atoms with Crippen molar-refractivity contribution in [3.8, 4) is 0 Å². The molecule has 18 heavy (non-hydrogen) atoms. The summed E-state index contributed by atoms with van der Waals surface area (Å²) in [5.41, 5.74) is 4.69. The summed E-state index contributed by atoms with van der Waals surface area (Å²) in [4.78, 5) is 0. The van der Waals surface area contributed by atoms with Crippen LogP contribution in [-0.4, -0.2) is 0 Å². The third kappa shape index (κ3) is 2.25. The van der Waals surface area contributed by atoms with E-state index in [-0.39, 0.29) is 0 Å². The van der Waals surface area contributed by atoms with Crippen LogP contribution in [0.2, 0.25) is 0 Å². The molecule has 0 saturated heterocycles. The van der Waals surface area contributed by atoms with Crippen molar-refractivity contribution in [3.63, 3.8) is 0 Å². The van der Waals surface area contributed by atoms with Gasteiger partial charge in [-0.25, -0.2) is 0 Å². The van der Waals surface area contributed by atoms with Crippen molar-refractivity contribution < 1.29 is 22.9 Å². The van der Waals surface area contributed by atoms with Crippen molar-refractivity contribution in [3.05, 3.63) is 62.5 Å². The summed E-state index contributed by atoms with van der Waals surface area (Å²) in [5, 5.41) is 0. The third-order valence-electron chi connectivity index (χ3n) is 3.72. The van der Waals surface area contributed by atoms with E-state index in [1.54, 1.807) is 11.1 Å². The van der Waals surface area contributed by atoms with Gasteiger partial charge < -0.3 is 0 Å². The number of hydrogen-bond donors (Lipinski definition) is 0. The summed E-state index contributed by atoms with van der Waals surface area (Å²) in [6, 6.07) is 8.91. The molecule has 0 nitrogen and oxygen atoms in total. The summed E-state index contributed by atoms with van der Waals surface area (Å²) < 4.78 is 2.61. The van der Waals surface area contributed by atoms with Gasteiger partial charge >= 0.3 is 121 Å². The van der Waals surface area contributed by atoms with Gasteiger partial charge in [0.05, 0.1) is 0 Å². The SMILES string of the molecule is CC(C)C1=[C]([Hf][CH]2C=Cc3ccccc32)CC=C1. The molecule has 1 atom stereocenters. The second kappa shape index (κ2) is 5.13. The van der Waals surface area contributed by atoms with Gasteiger partial charge in [0.2, 0.25) is 0 Å². The maximum absolute atomic E-state index is 2.46. The van der Waals surface area contributed by atoms with Crippen LogP contribution in [0.3, 0.4) is 0 Å². The molecule has 0 bridgehead atoms. The molecule has 1 unspecified atom stereocenters. The Kier molecular flexibility index (Phi) is 3.52. The minimum atomic E-state index is -0.762. The molecule has 0 saturated carbocycles. The van der Waals surface area contributed by atoms with Gasteiger partial charge in [-0.05, 0) is 0 Å². The first kappa shape index (κ1) is 12.3. The fraction of sp³-hybridized carbons (Fsp3) is 0.294. The van der Waals surface area contributed by atoms with Crippen LogP contribution in [0, 0.1) is 5.92 Å². The summed E-state index contributed by atoms with van der Waals surface area (Å²) >= 11 is -0.762. The van der Waals surface area contributed by atoms with E-state index in [1.807, 2.05) is 3.33 Å². The van der Waals surface area contributed by atoms with Crippen molar-refractivity contribution in [2.24, 2.45) is 5.92 Å². The average molecular weight is 401 g/mol. The predicted octanol–water partition coefficient (Wildman–Crippen LogP) is 4.71. The molecule has 0 amide bonds. The van der Waals surface area contributed by atoms with E-state index in [0.717, 1.165) is 3.67 Å². The molecule has 90 valence electrons. The van der Waals surface area contributed by atoms with Gasteiger partial charge in [-0.15, -0.1) is 0 Å². The first-order valence-electron chi connectivity index (χ1n) is 6.69. The molecule has 0 aromatic heterocycles. The molecule has 2 aliphatic carbocycles. The molecular weight excluding hydrogens is 383 g/mol. The van der Waals surface area contributed by atoms with Gasteiger partial charge in [-0.1, -0.05) is 0 Å². The number of hydrogen-bond acceptors (Lipinski definition) is 0. The first-order valence-corrected chi connectivity index (χ1v) is 10.6. The van der Waals surface area contributed by atoms with Crippen LogP contribution in [0.5, 0.6) is 0 Å². The predicted molar refractivity (Wildman–Crippen MR) is 73.8 cm³/mol. The van der Waals surface area contributed by atoms with Gasteiger partial charge in [0.15, 0.2) is 0 Å². The fourth-order valence-corrected chi connectivity index (χ4v) is 9.09. The Labute approximate surface area is 121 Å². The molecule has 1 aromatic carbocycles. The van der Waals surface area contributed by atoms with Crippen LogP contribution >= 0.6 is 0 Å². The number of benzene rings is 1. The Morgan fingerprint density at radius 3 is 2.83 bits per heavy atom. The van der Waals surface area contributed by atoms with Gasteiger partial charge in [0.25, 0.3) is 0 Å². The van der Waals surface area contributed by atoms with Gasteiger partial charge in [-0.3, -0.25) is 0 Å². The zero-order chi connectivity index (χ0) is 12.5. The maximum atomic E-state index is 2.46. The van der Waals surface area contributed by atoms with Crippen molar-refractivity contribution in [2.75, 3.05) is 0 Å². The number of rotatable bonds is 3. The monoisotopic (exact) mass is 402 g/mol. The molecule has 0 spiro atoms. The molecule has 0 N–H and O–H groups in total. The Morgan fingerprint density at radius 2 is 2.00 bits per heavy atom. The Bertz CT molecular complexity index is 546. The summed E-state index contributed by atoms with van der Waals surface area (Å²) in [6.07, 6.45) is 10.8. The summed E-state index contributed by atoms with van der Waals surface area (Å²) in [6.45, 7) is 4.65. The van der Waals surface area contributed by atoms with E-state index in [2.05, 4.69) is 62.4 Å². The topological polar surface area (TPSA) is 0 Å². The van der Waals surface area contributed by atoms with Crippen molar-refractivity contribution in [1.82, 2.24) is 0 Å². The normalized spacial score (nSPS) is 20.9. The van der Waals surface area contributed by atoms with Crippen LogP contribution in [-0.2, 0) is 22.9 Å². The van der Waals surface area contributed by atoms with Crippen LogP contribution in [0.1, 0.15) is 35.1 Å². The molecule has 0 aliphatic heterocycles. The Hall–Kier alpha value is -0.690. The Balaban J connectivity index is 1.84. The van der Waals surface area contributed by atoms with Gasteiger partial charge in [-0.2, -0.15) is 0 Å². The van der Waals surface area contributed by atoms with Crippen LogP contribution in [0.15, 0.2) is 51.4 Å². The molecule has 1 aromatic rings. The van der Waals surface area contributed by atoms with E-state index in [9.17, 15) is 0 Å². The van der Waals surface area contributed by atoms with E-state index >= 15 is 0 Å². The van der Waals surface area contributed by atoms with Crippen LogP contribution in [0.4, 0.5) is 0 Å².